The Kier molecular flexibility index (Phi) is 9.10. The smallest absolute Gasteiger partial charge is 0.00217 e. The number of rotatable bonds is 8. The Morgan fingerprint density at radius 1 is 1.23 bits per heavy atom. The molecule has 0 spiro atoms. The normalized spacial score (nSPS) is 13.6. The van der Waals surface area contributed by atoms with Gasteiger partial charge in [-0.25, -0.2) is 0 Å². The topological polar surface area (TPSA) is 3.24 Å². The molecular formula is C11H25NS. The summed E-state index contributed by atoms with van der Waals surface area (Å²) in [5.74, 6) is 1.88. The van der Waals surface area contributed by atoms with Crippen LogP contribution in [-0.2, 0) is 0 Å². The fourth-order valence-electron chi connectivity index (χ4n) is 1.57. The van der Waals surface area contributed by atoms with Crippen molar-refractivity contribution in [3.63, 3.8) is 0 Å². The number of thiol groups is 1. The molecule has 0 amide bonds. The third-order valence-corrected chi connectivity index (χ3v) is 3.11. The Morgan fingerprint density at radius 3 is 2.38 bits per heavy atom. The Bertz CT molecular complexity index is 102. The van der Waals surface area contributed by atoms with Gasteiger partial charge in [0.15, 0.2) is 0 Å². The average molecular weight is 203 g/mol. The molecule has 0 aromatic carbocycles. The molecule has 0 bridgehead atoms. The van der Waals surface area contributed by atoms with Gasteiger partial charge in [-0.3, -0.25) is 0 Å². The molecule has 0 aliphatic rings. The van der Waals surface area contributed by atoms with E-state index in [2.05, 4.69) is 38.4 Å². The van der Waals surface area contributed by atoms with E-state index in [9.17, 15) is 0 Å². The molecule has 0 rings (SSSR count). The zero-order valence-electron chi connectivity index (χ0n) is 9.42. The van der Waals surface area contributed by atoms with Crippen molar-refractivity contribution in [1.82, 2.24) is 4.90 Å². The summed E-state index contributed by atoms with van der Waals surface area (Å²) in [5.41, 5.74) is 0. The lowest BCUT2D eigenvalue weighted by molar-refractivity contribution is 0.315. The molecular weight excluding hydrogens is 178 g/mol. The van der Waals surface area contributed by atoms with E-state index in [1.54, 1.807) is 0 Å². The van der Waals surface area contributed by atoms with Crippen LogP contribution in [0.3, 0.4) is 0 Å². The second-order valence-electron chi connectivity index (χ2n) is 3.90. The molecule has 0 heterocycles. The molecule has 0 radical (unpaired) electrons. The molecule has 0 aromatic rings. The van der Waals surface area contributed by atoms with E-state index in [1.165, 1.54) is 38.8 Å². The molecule has 1 unspecified atom stereocenters. The Morgan fingerprint density at radius 2 is 1.92 bits per heavy atom. The molecule has 1 nitrogen and oxygen atoms in total. The highest BCUT2D eigenvalue weighted by atomic mass is 32.1. The van der Waals surface area contributed by atoms with Gasteiger partial charge in [0.05, 0.1) is 0 Å². The van der Waals surface area contributed by atoms with E-state index < -0.39 is 0 Å². The summed E-state index contributed by atoms with van der Waals surface area (Å²) in [6, 6.07) is 0. The maximum Gasteiger partial charge on any atom is -0.00217 e. The molecule has 0 N–H and O–H groups in total. The molecule has 1 atom stereocenters. The maximum atomic E-state index is 4.35. The van der Waals surface area contributed by atoms with E-state index in [4.69, 9.17) is 0 Å². The summed E-state index contributed by atoms with van der Waals surface area (Å²) >= 11 is 4.35. The van der Waals surface area contributed by atoms with Crippen molar-refractivity contribution in [2.24, 2.45) is 5.92 Å². The van der Waals surface area contributed by atoms with Crippen LogP contribution in [0.1, 0.15) is 39.5 Å². The van der Waals surface area contributed by atoms with Gasteiger partial charge in [0.1, 0.15) is 0 Å². The Balaban J connectivity index is 3.32. The number of hydrogen-bond acceptors (Lipinski definition) is 2. The maximum absolute atomic E-state index is 4.35. The molecule has 0 aromatic heterocycles. The largest absolute Gasteiger partial charge is 0.306 e. The minimum absolute atomic E-state index is 0.832. The molecule has 0 fully saturated rings. The zero-order chi connectivity index (χ0) is 10.1. The minimum atomic E-state index is 0.832. The van der Waals surface area contributed by atoms with Gasteiger partial charge in [-0.15, -0.1) is 0 Å². The van der Waals surface area contributed by atoms with Crippen LogP contribution >= 0.6 is 12.6 Å². The van der Waals surface area contributed by atoms with Crippen LogP contribution in [0.5, 0.6) is 0 Å². The second-order valence-corrected chi connectivity index (χ2v) is 4.27. The van der Waals surface area contributed by atoms with Crippen LogP contribution < -0.4 is 0 Å². The standard InChI is InChI=1S/C11H25NS/c1-4-8-12(3)9-6-7-11(5-2)10-13/h11,13H,4-10H2,1-3H3. The van der Waals surface area contributed by atoms with Gasteiger partial charge in [-0.1, -0.05) is 20.3 Å². The monoisotopic (exact) mass is 203 g/mol. The number of hydrogen-bond donors (Lipinski definition) is 1. The highest BCUT2D eigenvalue weighted by Gasteiger charge is 2.04. The van der Waals surface area contributed by atoms with Crippen LogP contribution in [0.2, 0.25) is 0 Å². The van der Waals surface area contributed by atoms with E-state index in [1.807, 2.05) is 0 Å². The van der Waals surface area contributed by atoms with E-state index >= 15 is 0 Å². The second kappa shape index (κ2) is 8.89. The predicted molar refractivity (Wildman–Crippen MR) is 64.7 cm³/mol. The van der Waals surface area contributed by atoms with Gasteiger partial charge in [0.2, 0.25) is 0 Å². The van der Waals surface area contributed by atoms with Crippen molar-refractivity contribution in [3.05, 3.63) is 0 Å². The summed E-state index contributed by atoms with van der Waals surface area (Å²) in [6.45, 7) is 6.98. The van der Waals surface area contributed by atoms with Crippen LogP contribution in [0.15, 0.2) is 0 Å². The van der Waals surface area contributed by atoms with Crippen molar-refractivity contribution < 1.29 is 0 Å². The van der Waals surface area contributed by atoms with Crippen LogP contribution in [0.4, 0.5) is 0 Å². The van der Waals surface area contributed by atoms with E-state index in [0.717, 1.165) is 11.7 Å². The minimum Gasteiger partial charge on any atom is -0.306 e. The van der Waals surface area contributed by atoms with Crippen molar-refractivity contribution in [2.45, 2.75) is 39.5 Å². The van der Waals surface area contributed by atoms with Crippen molar-refractivity contribution in [3.8, 4) is 0 Å². The molecule has 0 aliphatic carbocycles. The van der Waals surface area contributed by atoms with Gasteiger partial charge < -0.3 is 4.90 Å². The Hall–Kier alpha value is 0.310. The van der Waals surface area contributed by atoms with Crippen molar-refractivity contribution in [1.29, 1.82) is 0 Å². The third kappa shape index (κ3) is 7.39. The van der Waals surface area contributed by atoms with Gasteiger partial charge in [0.25, 0.3) is 0 Å². The van der Waals surface area contributed by atoms with Crippen LogP contribution in [-0.4, -0.2) is 30.8 Å². The van der Waals surface area contributed by atoms with Gasteiger partial charge in [-0.2, -0.15) is 12.6 Å². The highest BCUT2D eigenvalue weighted by Crippen LogP contribution is 2.12. The van der Waals surface area contributed by atoms with Crippen molar-refractivity contribution in [2.75, 3.05) is 25.9 Å². The molecule has 80 valence electrons. The first-order valence-electron chi connectivity index (χ1n) is 5.53. The first-order valence-corrected chi connectivity index (χ1v) is 6.17. The van der Waals surface area contributed by atoms with Gasteiger partial charge >= 0.3 is 0 Å². The predicted octanol–water partition coefficient (Wildman–Crippen LogP) is 3.06. The van der Waals surface area contributed by atoms with Gasteiger partial charge in [0, 0.05) is 0 Å². The number of nitrogens with zero attached hydrogens (tertiary/aromatic N) is 1. The molecule has 0 aliphatic heterocycles. The molecule has 13 heavy (non-hydrogen) atoms. The molecule has 0 saturated heterocycles. The Labute approximate surface area is 89.3 Å². The quantitative estimate of drug-likeness (QED) is 0.593. The summed E-state index contributed by atoms with van der Waals surface area (Å²) in [5, 5.41) is 0. The van der Waals surface area contributed by atoms with E-state index in [-0.39, 0.29) is 0 Å². The van der Waals surface area contributed by atoms with Crippen LogP contribution in [0.25, 0.3) is 0 Å². The first-order chi connectivity index (χ1) is 6.24. The summed E-state index contributed by atoms with van der Waals surface area (Å²) < 4.78 is 0. The summed E-state index contributed by atoms with van der Waals surface area (Å²) in [6.07, 6.45) is 5.21. The highest BCUT2D eigenvalue weighted by molar-refractivity contribution is 7.80. The fourth-order valence-corrected chi connectivity index (χ4v) is 2.01. The van der Waals surface area contributed by atoms with Crippen LogP contribution in [0, 0.1) is 5.92 Å². The summed E-state index contributed by atoms with van der Waals surface area (Å²) in [7, 11) is 2.21. The van der Waals surface area contributed by atoms with Crippen molar-refractivity contribution >= 4 is 12.6 Å². The third-order valence-electron chi connectivity index (χ3n) is 2.59. The average Bonchev–Trinajstić information content (AvgIpc) is 2.13. The lowest BCUT2D eigenvalue weighted by Gasteiger charge is -2.17. The molecule has 0 saturated carbocycles. The first kappa shape index (κ1) is 13.3. The fraction of sp³-hybridized carbons (Fsp3) is 1.00. The SMILES string of the molecule is CCCN(C)CCCC(CC)CS. The lowest BCUT2D eigenvalue weighted by Crippen LogP contribution is -2.21. The van der Waals surface area contributed by atoms with Gasteiger partial charge in [-0.05, 0) is 51.1 Å². The van der Waals surface area contributed by atoms with E-state index in [0.29, 0.717) is 0 Å². The lowest BCUT2D eigenvalue weighted by atomic mass is 10.0. The zero-order valence-corrected chi connectivity index (χ0v) is 10.3. The molecule has 2 heteroatoms. The summed E-state index contributed by atoms with van der Waals surface area (Å²) in [4.78, 5) is 2.42.